The second-order valence-electron chi connectivity index (χ2n) is 6.00. The van der Waals surface area contributed by atoms with Crippen molar-refractivity contribution in [2.45, 2.75) is 63.6 Å². The fourth-order valence-corrected chi connectivity index (χ4v) is 2.59. The summed E-state index contributed by atoms with van der Waals surface area (Å²) in [6.45, 7) is 0.558. The highest BCUT2D eigenvalue weighted by Crippen LogP contribution is 2.22. The molecule has 0 bridgehead atoms. The Hall–Kier alpha value is -1.05. The van der Waals surface area contributed by atoms with E-state index in [-0.39, 0.29) is 24.0 Å². The average molecular weight is 416 g/mol. The minimum absolute atomic E-state index is 0. The molecule has 0 aliphatic heterocycles. The first-order valence-corrected chi connectivity index (χ1v) is 7.97. The predicted octanol–water partition coefficient (Wildman–Crippen LogP) is 2.98. The molecule has 2 saturated carbocycles. The molecule has 3 rings (SSSR count). The molecule has 0 aromatic carbocycles. The van der Waals surface area contributed by atoms with E-state index in [9.17, 15) is 0 Å². The Balaban J connectivity index is 0.00000176. The Labute approximate surface area is 149 Å². The van der Waals surface area contributed by atoms with Gasteiger partial charge in [-0.25, -0.2) is 9.98 Å². The quantitative estimate of drug-likeness (QED) is 0.440. The molecule has 0 amide bonds. The molecule has 22 heavy (non-hydrogen) atoms. The van der Waals surface area contributed by atoms with Gasteiger partial charge in [-0.05, 0) is 44.1 Å². The third-order valence-electron chi connectivity index (χ3n) is 4.00. The lowest BCUT2D eigenvalue weighted by atomic mass is 9.98. The number of guanidine groups is 1. The van der Waals surface area contributed by atoms with Gasteiger partial charge in [-0.15, -0.1) is 24.0 Å². The van der Waals surface area contributed by atoms with Crippen molar-refractivity contribution in [1.29, 1.82) is 0 Å². The van der Waals surface area contributed by atoms with Crippen molar-refractivity contribution in [2.24, 2.45) is 10.7 Å². The summed E-state index contributed by atoms with van der Waals surface area (Å²) < 4.78 is 5.91. The van der Waals surface area contributed by atoms with Crippen LogP contribution in [-0.2, 0) is 6.54 Å². The van der Waals surface area contributed by atoms with Gasteiger partial charge in [0.2, 0.25) is 5.88 Å². The first-order valence-electron chi connectivity index (χ1n) is 7.97. The van der Waals surface area contributed by atoms with Gasteiger partial charge in [0.25, 0.3) is 0 Å². The number of hydrogen-bond donors (Lipinski definition) is 2. The van der Waals surface area contributed by atoms with Crippen LogP contribution in [0, 0.1) is 0 Å². The summed E-state index contributed by atoms with van der Waals surface area (Å²) in [5, 5.41) is 3.17. The fourth-order valence-electron chi connectivity index (χ4n) is 2.59. The number of halogens is 1. The number of aliphatic imine (C=N–C) groups is 1. The first kappa shape index (κ1) is 17.3. The minimum atomic E-state index is 0. The SMILES string of the molecule is I.NC(=NCc1ccc(OC2CCCCC2)nc1)NC1CC1. The second kappa shape index (κ2) is 8.55. The van der Waals surface area contributed by atoms with Crippen LogP contribution in [0.3, 0.4) is 0 Å². The number of ether oxygens (including phenoxy) is 1. The normalized spacial score (nSPS) is 19.4. The van der Waals surface area contributed by atoms with E-state index in [1.165, 1.54) is 32.1 Å². The van der Waals surface area contributed by atoms with Crippen LogP contribution in [0.5, 0.6) is 5.88 Å². The molecule has 2 aliphatic carbocycles. The summed E-state index contributed by atoms with van der Waals surface area (Å²) in [6, 6.07) is 4.49. The molecule has 0 radical (unpaired) electrons. The van der Waals surface area contributed by atoms with Crippen LogP contribution in [-0.4, -0.2) is 23.1 Å². The maximum Gasteiger partial charge on any atom is 0.213 e. The number of nitrogens with zero attached hydrogens (tertiary/aromatic N) is 2. The van der Waals surface area contributed by atoms with E-state index in [4.69, 9.17) is 10.5 Å². The molecule has 2 fully saturated rings. The summed E-state index contributed by atoms with van der Waals surface area (Å²) >= 11 is 0. The zero-order valence-corrected chi connectivity index (χ0v) is 15.2. The van der Waals surface area contributed by atoms with Gasteiger partial charge in [0.05, 0.1) is 6.54 Å². The molecular weight excluding hydrogens is 391 g/mol. The summed E-state index contributed by atoms with van der Waals surface area (Å²) in [4.78, 5) is 8.69. The highest BCUT2D eigenvalue weighted by molar-refractivity contribution is 14.0. The molecule has 0 saturated heterocycles. The van der Waals surface area contributed by atoms with Gasteiger partial charge >= 0.3 is 0 Å². The van der Waals surface area contributed by atoms with E-state index in [1.54, 1.807) is 0 Å². The Bertz CT molecular complexity index is 481. The number of aromatic nitrogens is 1. The molecule has 3 N–H and O–H groups in total. The molecule has 2 aliphatic rings. The van der Waals surface area contributed by atoms with Gasteiger partial charge in [-0.3, -0.25) is 0 Å². The van der Waals surface area contributed by atoms with Gasteiger partial charge < -0.3 is 15.8 Å². The van der Waals surface area contributed by atoms with Gasteiger partial charge in [-0.2, -0.15) is 0 Å². The van der Waals surface area contributed by atoms with Crippen LogP contribution >= 0.6 is 24.0 Å². The molecule has 122 valence electrons. The molecule has 1 heterocycles. The lowest BCUT2D eigenvalue weighted by Crippen LogP contribution is -2.33. The molecule has 1 aromatic heterocycles. The summed E-state index contributed by atoms with van der Waals surface area (Å²) in [6.07, 6.45) is 10.7. The van der Waals surface area contributed by atoms with Crippen molar-refractivity contribution in [3.63, 3.8) is 0 Å². The second-order valence-corrected chi connectivity index (χ2v) is 6.00. The third-order valence-corrected chi connectivity index (χ3v) is 4.00. The van der Waals surface area contributed by atoms with Crippen molar-refractivity contribution < 1.29 is 4.74 Å². The van der Waals surface area contributed by atoms with Crippen LogP contribution in [0.2, 0.25) is 0 Å². The minimum Gasteiger partial charge on any atom is -0.474 e. The van der Waals surface area contributed by atoms with Crippen LogP contribution in [0.1, 0.15) is 50.5 Å². The topological polar surface area (TPSA) is 72.5 Å². The average Bonchev–Trinajstić information content (AvgIpc) is 3.32. The molecule has 1 aromatic rings. The molecule has 0 unspecified atom stereocenters. The van der Waals surface area contributed by atoms with Gasteiger partial charge in [0.1, 0.15) is 6.10 Å². The predicted molar refractivity (Wildman–Crippen MR) is 98.6 cm³/mol. The zero-order chi connectivity index (χ0) is 14.5. The van der Waals surface area contributed by atoms with Crippen molar-refractivity contribution in [3.05, 3.63) is 23.9 Å². The van der Waals surface area contributed by atoms with Crippen LogP contribution in [0.4, 0.5) is 0 Å². The summed E-state index contributed by atoms with van der Waals surface area (Å²) in [5.41, 5.74) is 6.86. The number of rotatable bonds is 5. The number of hydrogen-bond acceptors (Lipinski definition) is 3. The van der Waals surface area contributed by atoms with E-state index in [0.29, 0.717) is 24.7 Å². The van der Waals surface area contributed by atoms with Gasteiger partial charge in [-0.1, -0.05) is 12.5 Å². The van der Waals surface area contributed by atoms with Crippen molar-refractivity contribution in [3.8, 4) is 5.88 Å². The molecule has 0 atom stereocenters. The first-order chi connectivity index (χ1) is 10.3. The van der Waals surface area contributed by atoms with Crippen LogP contribution < -0.4 is 15.8 Å². The Morgan fingerprint density at radius 3 is 2.64 bits per heavy atom. The maximum atomic E-state index is 5.91. The maximum absolute atomic E-state index is 5.91. The highest BCUT2D eigenvalue weighted by atomic mass is 127. The Kier molecular flexibility index (Phi) is 6.72. The zero-order valence-electron chi connectivity index (χ0n) is 12.8. The largest absolute Gasteiger partial charge is 0.474 e. The molecule has 5 nitrogen and oxygen atoms in total. The number of pyridine rings is 1. The van der Waals surface area contributed by atoms with Gasteiger partial charge in [0.15, 0.2) is 5.96 Å². The molecule has 0 spiro atoms. The Morgan fingerprint density at radius 2 is 2.00 bits per heavy atom. The van der Waals surface area contributed by atoms with E-state index >= 15 is 0 Å². The fraction of sp³-hybridized carbons (Fsp3) is 0.625. The molecule has 6 heteroatoms. The number of nitrogens with two attached hydrogens (primary N) is 1. The van der Waals surface area contributed by atoms with E-state index in [1.807, 2.05) is 18.3 Å². The third kappa shape index (κ3) is 5.62. The molecular formula is C16H25IN4O. The van der Waals surface area contributed by atoms with E-state index in [2.05, 4.69) is 15.3 Å². The van der Waals surface area contributed by atoms with Crippen LogP contribution in [0.15, 0.2) is 23.3 Å². The lowest BCUT2D eigenvalue weighted by molar-refractivity contribution is 0.148. The van der Waals surface area contributed by atoms with Crippen molar-refractivity contribution in [1.82, 2.24) is 10.3 Å². The van der Waals surface area contributed by atoms with E-state index in [0.717, 1.165) is 24.3 Å². The monoisotopic (exact) mass is 416 g/mol. The Morgan fingerprint density at radius 1 is 1.23 bits per heavy atom. The van der Waals surface area contributed by atoms with Gasteiger partial charge in [0, 0.05) is 18.3 Å². The smallest absolute Gasteiger partial charge is 0.213 e. The number of nitrogens with one attached hydrogen (secondary N) is 1. The lowest BCUT2D eigenvalue weighted by Gasteiger charge is -2.22. The highest BCUT2D eigenvalue weighted by Gasteiger charge is 2.21. The standard InChI is InChI=1S/C16H24N4O.HI/c17-16(20-13-7-8-13)19-11-12-6-9-15(18-10-12)21-14-4-2-1-3-5-14;/h6,9-10,13-14H,1-5,7-8,11H2,(H3,17,19,20);1H. The van der Waals surface area contributed by atoms with Crippen molar-refractivity contribution >= 4 is 29.9 Å². The summed E-state index contributed by atoms with van der Waals surface area (Å²) in [7, 11) is 0. The van der Waals surface area contributed by atoms with Crippen LogP contribution in [0.25, 0.3) is 0 Å². The van der Waals surface area contributed by atoms with E-state index < -0.39 is 0 Å². The summed E-state index contributed by atoms with van der Waals surface area (Å²) in [5.74, 6) is 1.25. The van der Waals surface area contributed by atoms with Crippen molar-refractivity contribution in [2.75, 3.05) is 0 Å².